The van der Waals surface area contributed by atoms with E-state index in [1.807, 2.05) is 6.92 Å². The molecule has 0 saturated heterocycles. The molecule has 0 aromatic heterocycles. The summed E-state index contributed by atoms with van der Waals surface area (Å²) in [6, 6.07) is 10.7. The van der Waals surface area contributed by atoms with Gasteiger partial charge in [-0.15, -0.1) is 5.92 Å². The van der Waals surface area contributed by atoms with Crippen molar-refractivity contribution in [3.63, 3.8) is 0 Å². The minimum Gasteiger partial charge on any atom is -0.315 e. The Kier molecular flexibility index (Phi) is 3.31. The summed E-state index contributed by atoms with van der Waals surface area (Å²) in [5.41, 5.74) is 7.44. The molecule has 84 valence electrons. The predicted octanol–water partition coefficient (Wildman–Crippen LogP) is 2.75. The normalized spacial score (nSPS) is 28.5. The van der Waals surface area contributed by atoms with Crippen LogP contribution < -0.4 is 5.73 Å². The van der Waals surface area contributed by atoms with Crippen molar-refractivity contribution in [1.29, 1.82) is 0 Å². The van der Waals surface area contributed by atoms with Gasteiger partial charge in [0.1, 0.15) is 0 Å². The summed E-state index contributed by atoms with van der Waals surface area (Å²) in [4.78, 5) is 0. The maximum atomic E-state index is 6.24. The van der Waals surface area contributed by atoms with Gasteiger partial charge in [0.05, 0.1) is 5.54 Å². The molecule has 0 bridgehead atoms. The molecule has 2 atom stereocenters. The van der Waals surface area contributed by atoms with Crippen molar-refractivity contribution in [3.8, 4) is 11.8 Å². The van der Waals surface area contributed by atoms with Crippen molar-refractivity contribution in [1.82, 2.24) is 0 Å². The number of rotatable bonds is 2. The van der Waals surface area contributed by atoms with Crippen LogP contribution in [0.2, 0.25) is 0 Å². The zero-order chi connectivity index (χ0) is 11.4. The molecule has 1 heteroatoms. The van der Waals surface area contributed by atoms with Crippen LogP contribution in [0.3, 0.4) is 0 Å². The van der Waals surface area contributed by atoms with Gasteiger partial charge in [-0.05, 0) is 44.1 Å². The van der Waals surface area contributed by atoms with Gasteiger partial charge >= 0.3 is 0 Å². The number of hydrogen-bond acceptors (Lipinski definition) is 1. The van der Waals surface area contributed by atoms with Crippen LogP contribution in [-0.4, -0.2) is 5.54 Å². The molecular weight excluding hydrogens is 194 g/mol. The Morgan fingerprint density at radius 1 is 1.38 bits per heavy atom. The molecule has 1 aliphatic carbocycles. The highest BCUT2D eigenvalue weighted by Gasteiger charge is 2.33. The number of nitrogens with two attached hydrogens (primary N) is 1. The van der Waals surface area contributed by atoms with E-state index in [1.165, 1.54) is 12.0 Å². The monoisotopic (exact) mass is 213 g/mol. The van der Waals surface area contributed by atoms with Gasteiger partial charge in [0.25, 0.3) is 0 Å². The minimum atomic E-state index is -0.214. The Morgan fingerprint density at radius 2 is 2.12 bits per heavy atom. The Balaban J connectivity index is 1.97. The van der Waals surface area contributed by atoms with Crippen molar-refractivity contribution in [3.05, 3.63) is 35.9 Å². The van der Waals surface area contributed by atoms with Crippen LogP contribution in [0, 0.1) is 17.8 Å². The Labute approximate surface area is 98.0 Å². The lowest BCUT2D eigenvalue weighted by Crippen LogP contribution is -2.35. The van der Waals surface area contributed by atoms with E-state index >= 15 is 0 Å². The highest BCUT2D eigenvalue weighted by atomic mass is 14.7. The molecule has 1 fully saturated rings. The molecule has 16 heavy (non-hydrogen) atoms. The van der Waals surface area contributed by atoms with Gasteiger partial charge in [0, 0.05) is 0 Å². The lowest BCUT2D eigenvalue weighted by Gasteiger charge is -2.16. The smallest absolute Gasteiger partial charge is 0.0778 e. The van der Waals surface area contributed by atoms with Gasteiger partial charge in [-0.2, -0.15) is 0 Å². The summed E-state index contributed by atoms with van der Waals surface area (Å²) < 4.78 is 0. The molecule has 2 N–H and O–H groups in total. The predicted molar refractivity (Wildman–Crippen MR) is 67.9 cm³/mol. The molecule has 0 amide bonds. The van der Waals surface area contributed by atoms with E-state index in [4.69, 9.17) is 5.73 Å². The van der Waals surface area contributed by atoms with Crippen LogP contribution in [0.15, 0.2) is 30.3 Å². The van der Waals surface area contributed by atoms with Gasteiger partial charge < -0.3 is 5.73 Å². The molecule has 1 nitrogen and oxygen atoms in total. The van der Waals surface area contributed by atoms with Gasteiger partial charge in [0.15, 0.2) is 0 Å². The van der Waals surface area contributed by atoms with E-state index in [2.05, 4.69) is 42.2 Å². The minimum absolute atomic E-state index is 0.214. The van der Waals surface area contributed by atoms with Crippen LogP contribution in [-0.2, 0) is 6.42 Å². The average Bonchev–Trinajstić information content (AvgIpc) is 2.62. The average molecular weight is 213 g/mol. The van der Waals surface area contributed by atoms with E-state index in [0.717, 1.165) is 19.3 Å². The molecule has 1 aromatic carbocycles. The van der Waals surface area contributed by atoms with E-state index < -0.39 is 0 Å². The summed E-state index contributed by atoms with van der Waals surface area (Å²) in [5, 5.41) is 0. The number of benzene rings is 1. The second-order valence-electron chi connectivity index (χ2n) is 4.83. The van der Waals surface area contributed by atoms with Crippen molar-refractivity contribution in [2.45, 2.75) is 38.1 Å². The second kappa shape index (κ2) is 4.72. The van der Waals surface area contributed by atoms with E-state index in [1.54, 1.807) is 0 Å². The molecular formula is C15H19N. The molecule has 2 unspecified atom stereocenters. The third-order valence-corrected chi connectivity index (χ3v) is 3.39. The second-order valence-corrected chi connectivity index (χ2v) is 4.83. The highest BCUT2D eigenvalue weighted by Crippen LogP contribution is 2.34. The molecule has 0 spiro atoms. The lowest BCUT2D eigenvalue weighted by atomic mass is 9.94. The first kappa shape index (κ1) is 11.2. The Bertz CT molecular complexity index is 398. The Hall–Kier alpha value is -1.26. The maximum absolute atomic E-state index is 6.24. The zero-order valence-electron chi connectivity index (χ0n) is 9.87. The van der Waals surface area contributed by atoms with Gasteiger partial charge in [-0.25, -0.2) is 0 Å². The first-order chi connectivity index (χ1) is 7.72. The molecule has 0 heterocycles. The largest absolute Gasteiger partial charge is 0.315 e. The fraction of sp³-hybridized carbons (Fsp3) is 0.467. The first-order valence-electron chi connectivity index (χ1n) is 5.98. The SMILES string of the molecule is CC#CC1(N)CCC(Cc2ccccc2)C1. The van der Waals surface area contributed by atoms with Crippen LogP contribution in [0.25, 0.3) is 0 Å². The highest BCUT2D eigenvalue weighted by molar-refractivity contribution is 5.21. The van der Waals surface area contributed by atoms with E-state index in [9.17, 15) is 0 Å². The summed E-state index contributed by atoms with van der Waals surface area (Å²) >= 11 is 0. The standard InChI is InChI=1S/C15H19N/c1-2-9-15(16)10-8-14(12-15)11-13-6-4-3-5-7-13/h3-7,14H,8,10-12,16H2,1H3. The van der Waals surface area contributed by atoms with Gasteiger partial charge in [-0.3, -0.25) is 0 Å². The van der Waals surface area contributed by atoms with Crippen molar-refractivity contribution >= 4 is 0 Å². The summed E-state index contributed by atoms with van der Waals surface area (Å²) in [7, 11) is 0. The fourth-order valence-corrected chi connectivity index (χ4v) is 2.67. The molecule has 0 radical (unpaired) electrons. The van der Waals surface area contributed by atoms with E-state index in [-0.39, 0.29) is 5.54 Å². The summed E-state index contributed by atoms with van der Waals surface area (Å²) in [6.45, 7) is 1.87. The van der Waals surface area contributed by atoms with Gasteiger partial charge in [0.2, 0.25) is 0 Å². The summed E-state index contributed by atoms with van der Waals surface area (Å²) in [6.07, 6.45) is 4.44. The van der Waals surface area contributed by atoms with Crippen molar-refractivity contribution < 1.29 is 0 Å². The summed E-state index contributed by atoms with van der Waals surface area (Å²) in [5.74, 6) is 6.83. The zero-order valence-corrected chi connectivity index (χ0v) is 9.87. The molecule has 1 saturated carbocycles. The molecule has 2 rings (SSSR count). The van der Waals surface area contributed by atoms with Gasteiger partial charge in [-0.1, -0.05) is 36.3 Å². The lowest BCUT2D eigenvalue weighted by molar-refractivity contribution is 0.500. The molecule has 1 aromatic rings. The fourth-order valence-electron chi connectivity index (χ4n) is 2.67. The van der Waals surface area contributed by atoms with Crippen molar-refractivity contribution in [2.24, 2.45) is 11.7 Å². The maximum Gasteiger partial charge on any atom is 0.0778 e. The van der Waals surface area contributed by atoms with Crippen LogP contribution in [0.1, 0.15) is 31.7 Å². The molecule has 0 aliphatic heterocycles. The number of hydrogen-bond donors (Lipinski definition) is 1. The molecule has 1 aliphatic rings. The first-order valence-corrected chi connectivity index (χ1v) is 5.98. The van der Waals surface area contributed by atoms with Crippen LogP contribution in [0.4, 0.5) is 0 Å². The Morgan fingerprint density at radius 3 is 2.81 bits per heavy atom. The third-order valence-electron chi connectivity index (χ3n) is 3.39. The topological polar surface area (TPSA) is 26.0 Å². The quantitative estimate of drug-likeness (QED) is 0.751. The van der Waals surface area contributed by atoms with Crippen molar-refractivity contribution in [2.75, 3.05) is 0 Å². The third kappa shape index (κ3) is 2.65. The van der Waals surface area contributed by atoms with Crippen LogP contribution in [0.5, 0.6) is 0 Å². The van der Waals surface area contributed by atoms with Crippen LogP contribution >= 0.6 is 0 Å². The van der Waals surface area contributed by atoms with E-state index in [0.29, 0.717) is 5.92 Å².